The van der Waals surface area contributed by atoms with Crippen molar-refractivity contribution in [2.24, 2.45) is 0 Å². The Morgan fingerprint density at radius 3 is 2.32 bits per heavy atom. The molecule has 7 nitrogen and oxygen atoms in total. The monoisotopic (exact) mass is 549 g/mol. The van der Waals surface area contributed by atoms with Gasteiger partial charge in [-0.25, -0.2) is 4.79 Å². The molecule has 0 radical (unpaired) electrons. The van der Waals surface area contributed by atoms with Crippen LogP contribution < -0.4 is 10.1 Å². The van der Waals surface area contributed by atoms with Crippen molar-refractivity contribution in [1.82, 2.24) is 9.88 Å². The number of hydrogen-bond donors (Lipinski definition) is 2. The third-order valence-electron chi connectivity index (χ3n) is 5.50. The summed E-state index contributed by atoms with van der Waals surface area (Å²) < 4.78 is 44.9. The highest BCUT2D eigenvalue weighted by Gasteiger charge is 2.33. The van der Waals surface area contributed by atoms with Crippen LogP contribution in [0, 0.1) is 0 Å². The minimum atomic E-state index is -4.62. The second-order valence-corrected chi connectivity index (χ2v) is 9.92. The van der Waals surface area contributed by atoms with Crippen molar-refractivity contribution in [1.29, 1.82) is 0 Å². The molecule has 0 bridgehead atoms. The van der Waals surface area contributed by atoms with Gasteiger partial charge in [0.1, 0.15) is 11.5 Å². The van der Waals surface area contributed by atoms with Gasteiger partial charge in [-0.05, 0) is 69.2 Å². The summed E-state index contributed by atoms with van der Waals surface area (Å²) in [5, 5.41) is 11.5. The van der Waals surface area contributed by atoms with Crippen molar-refractivity contribution < 1.29 is 32.6 Å². The van der Waals surface area contributed by atoms with Crippen molar-refractivity contribution in [3.63, 3.8) is 0 Å². The molecule has 2 aromatic carbocycles. The smallest absolute Gasteiger partial charge is 0.417 e. The molecule has 0 spiro atoms. The fraction of sp³-hybridized carbons (Fsp3) is 0.296. The maximum Gasteiger partial charge on any atom is 0.417 e. The Morgan fingerprint density at radius 2 is 1.71 bits per heavy atom. The zero-order valence-electron chi connectivity index (χ0n) is 21.0. The lowest BCUT2D eigenvalue weighted by Crippen LogP contribution is -2.44. The zero-order chi connectivity index (χ0) is 28.1. The van der Waals surface area contributed by atoms with Gasteiger partial charge in [0.25, 0.3) is 0 Å². The first-order valence-electron chi connectivity index (χ1n) is 11.6. The van der Waals surface area contributed by atoms with Crippen LogP contribution in [0.4, 0.5) is 23.7 Å². The number of benzene rings is 2. The van der Waals surface area contributed by atoms with Crippen LogP contribution in [0.1, 0.15) is 44.0 Å². The Morgan fingerprint density at radius 1 is 1.03 bits per heavy atom. The van der Waals surface area contributed by atoms with E-state index in [2.05, 4.69) is 10.3 Å². The molecule has 0 aliphatic rings. The number of alkyl halides is 3. The standard InChI is InChI=1S/C27H27ClF3N3O4/c1-26(2,3)34(25(36)37)16-19-14-21(12-13-32-19)38-20-8-4-17(5-9-20)6-11-24(35)33-18-7-10-23(28)22(15-18)27(29,30)31/h4-5,7-10,12-15H,6,11,16H2,1-3H3,(H,33,35)(H,36,37). The number of pyridine rings is 1. The van der Waals surface area contributed by atoms with Crippen LogP contribution in [0.3, 0.4) is 0 Å². The van der Waals surface area contributed by atoms with Gasteiger partial charge < -0.3 is 15.2 Å². The van der Waals surface area contributed by atoms with Crippen molar-refractivity contribution in [2.45, 2.75) is 51.9 Å². The van der Waals surface area contributed by atoms with E-state index in [0.29, 0.717) is 23.6 Å². The molecule has 1 aromatic heterocycles. The number of rotatable bonds is 8. The Hall–Kier alpha value is -3.79. The number of carbonyl (C=O) groups is 2. The van der Waals surface area contributed by atoms with Gasteiger partial charge in [0.05, 0.1) is 22.8 Å². The number of nitrogens with zero attached hydrogens (tertiary/aromatic N) is 2. The van der Waals surface area contributed by atoms with E-state index < -0.39 is 34.3 Å². The van der Waals surface area contributed by atoms with E-state index in [9.17, 15) is 27.9 Å². The SMILES string of the molecule is CC(C)(C)N(Cc1cc(Oc2ccc(CCC(=O)Nc3ccc(Cl)c(C(F)(F)F)c3)cc2)ccn1)C(=O)O. The number of aromatic nitrogens is 1. The first kappa shape index (κ1) is 28.8. The van der Waals surface area contributed by atoms with Crippen LogP contribution in [0.15, 0.2) is 60.8 Å². The highest BCUT2D eigenvalue weighted by Crippen LogP contribution is 2.36. The van der Waals surface area contributed by atoms with Crippen LogP contribution in [-0.2, 0) is 23.9 Å². The van der Waals surface area contributed by atoms with Crippen LogP contribution in [0.2, 0.25) is 5.02 Å². The number of anilines is 1. The van der Waals surface area contributed by atoms with Crippen LogP contribution in [-0.4, -0.2) is 32.5 Å². The molecular formula is C27H27ClF3N3O4. The summed E-state index contributed by atoms with van der Waals surface area (Å²) >= 11 is 5.61. The summed E-state index contributed by atoms with van der Waals surface area (Å²) in [5.41, 5.74) is -0.232. The quantitative estimate of drug-likeness (QED) is 0.305. The highest BCUT2D eigenvalue weighted by molar-refractivity contribution is 6.31. The first-order valence-corrected chi connectivity index (χ1v) is 12.0. The van der Waals surface area contributed by atoms with E-state index in [0.717, 1.165) is 17.7 Å². The van der Waals surface area contributed by atoms with Crippen LogP contribution in [0.5, 0.6) is 11.5 Å². The summed E-state index contributed by atoms with van der Waals surface area (Å²) in [5.74, 6) is 0.584. The Bertz CT molecular complexity index is 1290. The number of carboxylic acid groups (broad SMARTS) is 1. The van der Waals surface area contributed by atoms with Crippen LogP contribution >= 0.6 is 11.6 Å². The Labute approximate surface area is 223 Å². The third kappa shape index (κ3) is 8.11. The van der Waals surface area contributed by atoms with Gasteiger partial charge in [0.2, 0.25) is 5.91 Å². The van der Waals surface area contributed by atoms with Gasteiger partial charge in [0, 0.05) is 29.9 Å². The second-order valence-electron chi connectivity index (χ2n) is 9.51. The van der Waals surface area contributed by atoms with E-state index in [-0.39, 0.29) is 18.7 Å². The fourth-order valence-corrected chi connectivity index (χ4v) is 3.75. The average Bonchev–Trinajstić information content (AvgIpc) is 2.82. The molecule has 202 valence electrons. The van der Waals surface area contributed by atoms with E-state index >= 15 is 0 Å². The van der Waals surface area contributed by atoms with Gasteiger partial charge in [0.15, 0.2) is 0 Å². The molecule has 0 unspecified atom stereocenters. The molecule has 0 aliphatic heterocycles. The minimum absolute atomic E-state index is 0.0150. The zero-order valence-corrected chi connectivity index (χ0v) is 21.7. The number of nitrogens with one attached hydrogen (secondary N) is 1. The molecule has 2 amide bonds. The molecule has 2 N–H and O–H groups in total. The van der Waals surface area contributed by atoms with Crippen molar-refractivity contribution in [2.75, 3.05) is 5.32 Å². The largest absolute Gasteiger partial charge is 0.465 e. The van der Waals surface area contributed by atoms with Crippen molar-refractivity contribution in [3.8, 4) is 11.5 Å². The molecule has 0 atom stereocenters. The lowest BCUT2D eigenvalue weighted by molar-refractivity contribution is -0.137. The second kappa shape index (κ2) is 11.7. The van der Waals surface area contributed by atoms with Gasteiger partial charge in [-0.15, -0.1) is 0 Å². The predicted octanol–water partition coefficient (Wildman–Crippen LogP) is 7.40. The van der Waals surface area contributed by atoms with E-state index in [1.54, 1.807) is 63.4 Å². The minimum Gasteiger partial charge on any atom is -0.465 e. The van der Waals surface area contributed by atoms with Gasteiger partial charge >= 0.3 is 12.3 Å². The lowest BCUT2D eigenvalue weighted by atomic mass is 10.1. The molecule has 0 fully saturated rings. The Kier molecular flexibility index (Phi) is 8.88. The maximum absolute atomic E-state index is 13.0. The summed E-state index contributed by atoms with van der Waals surface area (Å²) in [7, 11) is 0. The number of hydrogen-bond acceptors (Lipinski definition) is 4. The summed E-state index contributed by atoms with van der Waals surface area (Å²) in [4.78, 5) is 29.4. The van der Waals surface area contributed by atoms with Crippen molar-refractivity contribution in [3.05, 3.63) is 82.6 Å². The molecule has 0 saturated carbocycles. The topological polar surface area (TPSA) is 91.8 Å². The van der Waals surface area contributed by atoms with Gasteiger partial charge in [-0.2, -0.15) is 13.2 Å². The van der Waals surface area contributed by atoms with E-state index in [1.165, 1.54) is 11.0 Å². The molecular weight excluding hydrogens is 523 g/mol. The predicted molar refractivity (Wildman–Crippen MR) is 137 cm³/mol. The normalized spacial score (nSPS) is 11.7. The number of halogens is 4. The molecule has 3 aromatic rings. The summed E-state index contributed by atoms with van der Waals surface area (Å²) in [6.07, 6.45) is -3.70. The van der Waals surface area contributed by atoms with E-state index in [4.69, 9.17) is 16.3 Å². The number of ether oxygens (including phenoxy) is 1. The fourth-order valence-electron chi connectivity index (χ4n) is 3.52. The summed E-state index contributed by atoms with van der Waals surface area (Å²) in [6, 6.07) is 13.5. The summed E-state index contributed by atoms with van der Waals surface area (Å²) in [6.45, 7) is 5.50. The molecule has 0 saturated heterocycles. The molecule has 0 aliphatic carbocycles. The number of amides is 2. The third-order valence-corrected chi connectivity index (χ3v) is 5.83. The average molecular weight is 550 g/mol. The van der Waals surface area contributed by atoms with Crippen molar-refractivity contribution >= 4 is 29.3 Å². The molecule has 3 rings (SSSR count). The maximum atomic E-state index is 13.0. The van der Waals surface area contributed by atoms with E-state index in [1.807, 2.05) is 0 Å². The molecule has 1 heterocycles. The Balaban J connectivity index is 1.56. The highest BCUT2D eigenvalue weighted by atomic mass is 35.5. The van der Waals surface area contributed by atoms with Gasteiger partial charge in [-0.1, -0.05) is 23.7 Å². The van der Waals surface area contributed by atoms with Gasteiger partial charge in [-0.3, -0.25) is 14.7 Å². The molecule has 38 heavy (non-hydrogen) atoms. The number of aryl methyl sites for hydroxylation is 1. The van der Waals surface area contributed by atoms with Crippen LogP contribution in [0.25, 0.3) is 0 Å². The lowest BCUT2D eigenvalue weighted by Gasteiger charge is -2.32. The molecule has 11 heteroatoms. The first-order chi connectivity index (χ1) is 17.7. The number of carbonyl (C=O) groups excluding carboxylic acids is 1.